The Morgan fingerprint density at radius 2 is 1.79 bits per heavy atom. The number of likely N-dealkylation sites (tertiary alicyclic amines) is 1. The van der Waals surface area contributed by atoms with E-state index in [4.69, 9.17) is 4.74 Å². The Morgan fingerprint density at radius 3 is 2.32 bits per heavy atom. The molecule has 0 radical (unpaired) electrons. The fraction of sp³-hybridized carbons (Fsp3) is 0.667. The second kappa shape index (κ2) is 8.82. The van der Waals surface area contributed by atoms with Crippen LogP contribution in [-0.4, -0.2) is 49.2 Å². The first-order valence-corrected chi connectivity index (χ1v) is 10.2. The highest BCUT2D eigenvalue weighted by atomic mass is 19.4. The van der Waals surface area contributed by atoms with E-state index < -0.39 is 11.7 Å². The topological polar surface area (TPSA) is 41.6 Å². The van der Waals surface area contributed by atoms with Crippen LogP contribution in [0.1, 0.15) is 60.2 Å². The van der Waals surface area contributed by atoms with Gasteiger partial charge in [0.15, 0.2) is 0 Å². The molecule has 0 aliphatic carbocycles. The van der Waals surface area contributed by atoms with Crippen molar-refractivity contribution in [3.05, 3.63) is 34.4 Å². The van der Waals surface area contributed by atoms with Gasteiger partial charge in [-0.25, -0.2) is 0 Å². The van der Waals surface area contributed by atoms with Crippen LogP contribution in [0.2, 0.25) is 0 Å². The van der Waals surface area contributed by atoms with Crippen LogP contribution in [0, 0.1) is 0 Å². The van der Waals surface area contributed by atoms with Gasteiger partial charge in [0.2, 0.25) is 0 Å². The molecule has 7 heteroatoms. The molecule has 2 fully saturated rings. The minimum Gasteiger partial charge on any atom is -0.379 e. The summed E-state index contributed by atoms with van der Waals surface area (Å²) in [6.45, 7) is 6.73. The van der Waals surface area contributed by atoms with Crippen LogP contribution >= 0.6 is 0 Å². The molecule has 1 N–H and O–H groups in total. The summed E-state index contributed by atoms with van der Waals surface area (Å²) in [7, 11) is 0. The first kappa shape index (κ1) is 21.1. The van der Waals surface area contributed by atoms with Crippen molar-refractivity contribution in [3.63, 3.8) is 0 Å². The summed E-state index contributed by atoms with van der Waals surface area (Å²) in [6, 6.07) is 2.31. The van der Waals surface area contributed by atoms with Gasteiger partial charge in [0.05, 0.1) is 18.2 Å². The molecule has 2 aliphatic heterocycles. The number of ether oxygens (including phenoxy) is 1. The standard InChI is InChI=1S/C21H29F3N2O2/c1-3-14-11-16(21(22,23)24)12-15(4-2)19(14)20(27)25-17-13-28-10-7-18(17)26-8-5-6-9-26/h11-12,17-18H,3-10,13H2,1-2H3,(H,25,27)/t17-,18+/m0/s1. The molecule has 1 aromatic carbocycles. The lowest BCUT2D eigenvalue weighted by molar-refractivity contribution is -0.137. The number of hydrogen-bond donors (Lipinski definition) is 1. The molecule has 1 amide bonds. The van der Waals surface area contributed by atoms with Gasteiger partial charge in [0, 0.05) is 18.2 Å². The van der Waals surface area contributed by atoms with Crippen molar-refractivity contribution in [2.45, 2.75) is 64.2 Å². The smallest absolute Gasteiger partial charge is 0.379 e. The third-order valence-electron chi connectivity index (χ3n) is 5.86. The number of halogens is 3. The molecule has 28 heavy (non-hydrogen) atoms. The Hall–Kier alpha value is -1.60. The second-order valence-electron chi connectivity index (χ2n) is 7.63. The summed E-state index contributed by atoms with van der Waals surface area (Å²) < 4.78 is 45.3. The molecule has 0 saturated carbocycles. The third-order valence-corrected chi connectivity index (χ3v) is 5.86. The zero-order chi connectivity index (χ0) is 20.3. The van der Waals surface area contributed by atoms with E-state index in [0.29, 0.717) is 42.7 Å². The summed E-state index contributed by atoms with van der Waals surface area (Å²) in [5.74, 6) is -0.290. The minimum atomic E-state index is -4.42. The molecular formula is C21H29F3N2O2. The number of aryl methyl sites for hydroxylation is 2. The van der Waals surface area contributed by atoms with Gasteiger partial charge < -0.3 is 10.1 Å². The van der Waals surface area contributed by atoms with Gasteiger partial charge in [0.1, 0.15) is 0 Å². The van der Waals surface area contributed by atoms with Crippen molar-refractivity contribution in [3.8, 4) is 0 Å². The predicted molar refractivity (Wildman–Crippen MR) is 101 cm³/mol. The first-order valence-electron chi connectivity index (χ1n) is 10.2. The normalized spacial score (nSPS) is 23.8. The monoisotopic (exact) mass is 398 g/mol. The molecule has 0 bridgehead atoms. The number of nitrogens with one attached hydrogen (secondary N) is 1. The van der Waals surface area contributed by atoms with Crippen molar-refractivity contribution in [2.24, 2.45) is 0 Å². The van der Waals surface area contributed by atoms with Gasteiger partial charge in [-0.3, -0.25) is 9.69 Å². The van der Waals surface area contributed by atoms with E-state index in [1.54, 1.807) is 13.8 Å². The molecule has 0 unspecified atom stereocenters. The summed E-state index contributed by atoms with van der Waals surface area (Å²) in [6.07, 6.45) is -0.485. The highest BCUT2D eigenvalue weighted by Crippen LogP contribution is 2.33. The molecule has 156 valence electrons. The van der Waals surface area contributed by atoms with Crippen LogP contribution < -0.4 is 5.32 Å². The summed E-state index contributed by atoms with van der Waals surface area (Å²) in [5.41, 5.74) is 0.592. The Kier molecular flexibility index (Phi) is 6.65. The molecule has 0 aromatic heterocycles. The number of hydrogen-bond acceptors (Lipinski definition) is 3. The Morgan fingerprint density at radius 1 is 1.18 bits per heavy atom. The molecule has 1 aromatic rings. The molecule has 0 spiro atoms. The third kappa shape index (κ3) is 4.51. The molecule has 2 aliphatic rings. The number of rotatable bonds is 5. The molecule has 2 atom stereocenters. The van der Waals surface area contributed by atoms with Crippen LogP contribution in [-0.2, 0) is 23.8 Å². The van der Waals surface area contributed by atoms with Gasteiger partial charge in [-0.1, -0.05) is 13.8 Å². The zero-order valence-corrected chi connectivity index (χ0v) is 16.6. The summed E-state index contributed by atoms with van der Waals surface area (Å²) in [4.78, 5) is 15.5. The largest absolute Gasteiger partial charge is 0.416 e. The Bertz CT molecular complexity index is 674. The van der Waals surface area contributed by atoms with E-state index >= 15 is 0 Å². The number of nitrogens with zero attached hydrogens (tertiary/aromatic N) is 1. The number of carbonyl (C=O) groups excluding carboxylic acids is 1. The predicted octanol–water partition coefficient (Wildman–Crippen LogP) is 3.81. The Balaban J connectivity index is 1.86. The highest BCUT2D eigenvalue weighted by molar-refractivity contribution is 5.97. The van der Waals surface area contributed by atoms with Gasteiger partial charge >= 0.3 is 6.18 Å². The van der Waals surface area contributed by atoms with E-state index in [0.717, 1.165) is 44.5 Å². The number of carbonyl (C=O) groups is 1. The van der Waals surface area contributed by atoms with E-state index in [2.05, 4.69) is 10.2 Å². The lowest BCUT2D eigenvalue weighted by Crippen LogP contribution is -2.56. The maximum Gasteiger partial charge on any atom is 0.416 e. The van der Waals surface area contributed by atoms with Crippen molar-refractivity contribution < 1.29 is 22.7 Å². The molecule has 2 heterocycles. The molecular weight excluding hydrogens is 369 g/mol. The highest BCUT2D eigenvalue weighted by Gasteiger charge is 2.35. The SMILES string of the molecule is CCc1cc(C(F)(F)F)cc(CC)c1C(=O)N[C@H]1COCC[C@H]1N1CCCC1. The average Bonchev–Trinajstić information content (AvgIpc) is 3.21. The fourth-order valence-electron chi connectivity index (χ4n) is 4.40. The van der Waals surface area contributed by atoms with Crippen molar-refractivity contribution >= 4 is 5.91 Å². The van der Waals surface area contributed by atoms with E-state index in [9.17, 15) is 18.0 Å². The maximum absolute atomic E-state index is 13.2. The van der Waals surface area contributed by atoms with Crippen molar-refractivity contribution in [2.75, 3.05) is 26.3 Å². The zero-order valence-electron chi connectivity index (χ0n) is 16.6. The quantitative estimate of drug-likeness (QED) is 0.820. The van der Waals surface area contributed by atoms with Crippen LogP contribution in [0.25, 0.3) is 0 Å². The molecule has 2 saturated heterocycles. The summed E-state index contributed by atoms with van der Waals surface area (Å²) in [5, 5.41) is 3.08. The maximum atomic E-state index is 13.2. The lowest BCUT2D eigenvalue weighted by atomic mass is 9.93. The van der Waals surface area contributed by atoms with Gasteiger partial charge in [-0.05, 0) is 68.5 Å². The number of amides is 1. The molecule has 3 rings (SSSR count). The van der Waals surface area contributed by atoms with E-state index in [1.165, 1.54) is 0 Å². The van der Waals surface area contributed by atoms with Crippen LogP contribution in [0.4, 0.5) is 13.2 Å². The van der Waals surface area contributed by atoms with Gasteiger partial charge in [-0.15, -0.1) is 0 Å². The number of alkyl halides is 3. The Labute approximate surface area is 164 Å². The van der Waals surface area contributed by atoms with E-state index in [-0.39, 0.29) is 18.0 Å². The number of benzene rings is 1. The fourth-order valence-corrected chi connectivity index (χ4v) is 4.40. The summed E-state index contributed by atoms with van der Waals surface area (Å²) >= 11 is 0. The van der Waals surface area contributed by atoms with Crippen molar-refractivity contribution in [1.29, 1.82) is 0 Å². The first-order chi connectivity index (χ1) is 13.3. The van der Waals surface area contributed by atoms with Gasteiger partial charge in [-0.2, -0.15) is 13.2 Å². The average molecular weight is 398 g/mol. The lowest BCUT2D eigenvalue weighted by Gasteiger charge is -2.38. The van der Waals surface area contributed by atoms with Crippen LogP contribution in [0.15, 0.2) is 12.1 Å². The second-order valence-corrected chi connectivity index (χ2v) is 7.63. The molecule has 4 nitrogen and oxygen atoms in total. The van der Waals surface area contributed by atoms with E-state index in [1.807, 2.05) is 0 Å². The van der Waals surface area contributed by atoms with Gasteiger partial charge in [0.25, 0.3) is 5.91 Å². The van der Waals surface area contributed by atoms with Crippen molar-refractivity contribution in [1.82, 2.24) is 10.2 Å². The van der Waals surface area contributed by atoms with Crippen LogP contribution in [0.5, 0.6) is 0 Å². The minimum absolute atomic E-state index is 0.143. The van der Waals surface area contributed by atoms with Crippen LogP contribution in [0.3, 0.4) is 0 Å².